The van der Waals surface area contributed by atoms with E-state index in [0.29, 0.717) is 65.0 Å². The van der Waals surface area contributed by atoms with Gasteiger partial charge in [0, 0.05) is 12.6 Å². The highest BCUT2D eigenvalue weighted by atomic mass is 16.6. The zero-order valence-corrected chi connectivity index (χ0v) is 15.5. The van der Waals surface area contributed by atoms with Crippen molar-refractivity contribution >= 4 is 0 Å². The van der Waals surface area contributed by atoms with Gasteiger partial charge in [-0.15, -0.1) is 0 Å². The Hall–Kier alpha value is -0.240. The molecular weight excluding hydrogens is 298 g/mol. The van der Waals surface area contributed by atoms with Gasteiger partial charge in [0.25, 0.3) is 0 Å². The molecule has 0 fully saturated rings. The monoisotopic (exact) mass is 335 g/mol. The van der Waals surface area contributed by atoms with Crippen molar-refractivity contribution in [2.45, 2.75) is 46.3 Å². The van der Waals surface area contributed by atoms with E-state index in [2.05, 4.69) is 33.0 Å². The van der Waals surface area contributed by atoms with Gasteiger partial charge in [-0.3, -0.25) is 0 Å². The van der Waals surface area contributed by atoms with Crippen LogP contribution in [-0.4, -0.2) is 78.2 Å². The quantitative estimate of drug-likeness (QED) is 0.386. The molecule has 23 heavy (non-hydrogen) atoms. The summed E-state index contributed by atoms with van der Waals surface area (Å²) in [6, 6.07) is 0.503. The van der Waals surface area contributed by atoms with Crippen molar-refractivity contribution < 1.29 is 23.7 Å². The minimum Gasteiger partial charge on any atom is -0.378 e. The summed E-state index contributed by atoms with van der Waals surface area (Å²) < 4.78 is 27.2. The molecule has 140 valence electrons. The first-order valence-electron chi connectivity index (χ1n) is 8.82. The molecule has 0 aromatic heterocycles. The standard InChI is InChI=1S/C17H37NO5/c1-5-17(4)23-15-14-22-13-12-21-11-10-20-9-8-19-7-6-18-16(2)3/h16-18H,5-15H2,1-4H3. The summed E-state index contributed by atoms with van der Waals surface area (Å²) in [5.74, 6) is 0. The van der Waals surface area contributed by atoms with Gasteiger partial charge >= 0.3 is 0 Å². The maximum absolute atomic E-state index is 5.51. The minimum absolute atomic E-state index is 0.308. The number of hydrogen-bond acceptors (Lipinski definition) is 6. The molecule has 0 heterocycles. The Labute approximate surface area is 142 Å². The zero-order chi connectivity index (χ0) is 17.2. The maximum atomic E-state index is 5.51. The van der Waals surface area contributed by atoms with Gasteiger partial charge < -0.3 is 29.0 Å². The van der Waals surface area contributed by atoms with E-state index >= 15 is 0 Å². The lowest BCUT2D eigenvalue weighted by molar-refractivity contribution is -0.0202. The third kappa shape index (κ3) is 19.7. The second-order valence-electron chi connectivity index (χ2n) is 5.65. The van der Waals surface area contributed by atoms with Crippen molar-refractivity contribution in [3.63, 3.8) is 0 Å². The predicted octanol–water partition coefficient (Wildman–Crippen LogP) is 1.87. The molecule has 0 saturated carbocycles. The molecule has 0 aromatic rings. The Balaban J connectivity index is 3.00. The SMILES string of the molecule is CCC(C)OCCOCCOCCOCCOCCNC(C)C. The average Bonchev–Trinajstić information content (AvgIpc) is 2.53. The Bertz CT molecular complexity index is 229. The van der Waals surface area contributed by atoms with E-state index in [1.165, 1.54) is 0 Å². The second kappa shape index (κ2) is 18.1. The van der Waals surface area contributed by atoms with Crippen LogP contribution >= 0.6 is 0 Å². The summed E-state index contributed by atoms with van der Waals surface area (Å²) in [7, 11) is 0. The lowest BCUT2D eigenvalue weighted by atomic mass is 10.3. The molecule has 1 unspecified atom stereocenters. The van der Waals surface area contributed by atoms with Crippen LogP contribution in [0.2, 0.25) is 0 Å². The van der Waals surface area contributed by atoms with Gasteiger partial charge in [-0.25, -0.2) is 0 Å². The highest BCUT2D eigenvalue weighted by molar-refractivity contribution is 4.50. The third-order valence-electron chi connectivity index (χ3n) is 3.12. The normalized spacial score (nSPS) is 12.9. The summed E-state index contributed by atoms with van der Waals surface area (Å²) in [6.45, 7) is 14.9. The van der Waals surface area contributed by atoms with Crippen molar-refractivity contribution in [2.75, 3.05) is 66.0 Å². The van der Waals surface area contributed by atoms with Gasteiger partial charge in [-0.1, -0.05) is 20.8 Å². The highest BCUT2D eigenvalue weighted by Crippen LogP contribution is 1.94. The topological polar surface area (TPSA) is 58.2 Å². The molecule has 0 bridgehead atoms. The van der Waals surface area contributed by atoms with E-state index in [0.717, 1.165) is 19.6 Å². The van der Waals surface area contributed by atoms with E-state index < -0.39 is 0 Å². The molecule has 0 rings (SSSR count). The van der Waals surface area contributed by atoms with Crippen molar-refractivity contribution in [1.82, 2.24) is 5.32 Å². The van der Waals surface area contributed by atoms with Crippen molar-refractivity contribution in [1.29, 1.82) is 0 Å². The number of hydrogen-bond donors (Lipinski definition) is 1. The second-order valence-corrected chi connectivity index (χ2v) is 5.65. The first-order chi connectivity index (χ1) is 11.2. The predicted molar refractivity (Wildman–Crippen MR) is 92.1 cm³/mol. The molecule has 6 heteroatoms. The van der Waals surface area contributed by atoms with E-state index in [4.69, 9.17) is 23.7 Å². The summed E-state index contributed by atoms with van der Waals surface area (Å²) in [4.78, 5) is 0. The molecule has 1 atom stereocenters. The van der Waals surface area contributed by atoms with Crippen LogP contribution in [0.5, 0.6) is 0 Å². The smallest absolute Gasteiger partial charge is 0.0704 e. The molecule has 0 aliphatic rings. The molecule has 0 spiro atoms. The van der Waals surface area contributed by atoms with Gasteiger partial charge in [0.05, 0.1) is 65.6 Å². The molecule has 6 nitrogen and oxygen atoms in total. The van der Waals surface area contributed by atoms with Crippen LogP contribution in [-0.2, 0) is 23.7 Å². The molecule has 0 aromatic carbocycles. The molecule has 1 N–H and O–H groups in total. The minimum atomic E-state index is 0.308. The Kier molecular flexibility index (Phi) is 17.9. The largest absolute Gasteiger partial charge is 0.378 e. The Morgan fingerprint density at radius 2 is 1.09 bits per heavy atom. The van der Waals surface area contributed by atoms with Crippen LogP contribution in [0.1, 0.15) is 34.1 Å². The lowest BCUT2D eigenvalue weighted by Gasteiger charge is -2.11. The van der Waals surface area contributed by atoms with Crippen molar-refractivity contribution in [3.8, 4) is 0 Å². The van der Waals surface area contributed by atoms with Crippen LogP contribution in [0.4, 0.5) is 0 Å². The van der Waals surface area contributed by atoms with Gasteiger partial charge in [0.1, 0.15) is 0 Å². The number of rotatable bonds is 18. The van der Waals surface area contributed by atoms with E-state index in [1.807, 2.05) is 0 Å². The Morgan fingerprint density at radius 1 is 0.652 bits per heavy atom. The molecule has 0 aliphatic carbocycles. The van der Waals surface area contributed by atoms with Crippen LogP contribution in [0.3, 0.4) is 0 Å². The molecule has 0 saturated heterocycles. The highest BCUT2D eigenvalue weighted by Gasteiger charge is 1.97. The fourth-order valence-electron chi connectivity index (χ4n) is 1.61. The summed E-state index contributed by atoms with van der Waals surface area (Å²) >= 11 is 0. The van der Waals surface area contributed by atoms with E-state index in [-0.39, 0.29) is 0 Å². The molecular formula is C17H37NO5. The van der Waals surface area contributed by atoms with Crippen LogP contribution in [0.15, 0.2) is 0 Å². The fourth-order valence-corrected chi connectivity index (χ4v) is 1.61. The van der Waals surface area contributed by atoms with Gasteiger partial charge in [-0.05, 0) is 13.3 Å². The fraction of sp³-hybridized carbons (Fsp3) is 1.00. The molecule has 0 aliphatic heterocycles. The van der Waals surface area contributed by atoms with Crippen molar-refractivity contribution in [3.05, 3.63) is 0 Å². The van der Waals surface area contributed by atoms with Gasteiger partial charge in [-0.2, -0.15) is 0 Å². The van der Waals surface area contributed by atoms with E-state index in [1.54, 1.807) is 0 Å². The van der Waals surface area contributed by atoms with Crippen LogP contribution in [0, 0.1) is 0 Å². The lowest BCUT2D eigenvalue weighted by Crippen LogP contribution is -2.27. The Morgan fingerprint density at radius 3 is 1.52 bits per heavy atom. The molecule has 0 radical (unpaired) electrons. The van der Waals surface area contributed by atoms with Gasteiger partial charge in [0.2, 0.25) is 0 Å². The third-order valence-corrected chi connectivity index (χ3v) is 3.12. The number of nitrogens with one attached hydrogen (secondary N) is 1. The average molecular weight is 335 g/mol. The van der Waals surface area contributed by atoms with Crippen molar-refractivity contribution in [2.24, 2.45) is 0 Å². The zero-order valence-electron chi connectivity index (χ0n) is 15.5. The summed E-state index contributed by atoms with van der Waals surface area (Å²) in [6.07, 6.45) is 1.34. The number of ether oxygens (including phenoxy) is 5. The van der Waals surface area contributed by atoms with Crippen LogP contribution in [0.25, 0.3) is 0 Å². The van der Waals surface area contributed by atoms with E-state index in [9.17, 15) is 0 Å². The maximum Gasteiger partial charge on any atom is 0.0704 e. The summed E-state index contributed by atoms with van der Waals surface area (Å²) in [5, 5.41) is 3.29. The first kappa shape index (κ1) is 22.8. The summed E-state index contributed by atoms with van der Waals surface area (Å²) in [5.41, 5.74) is 0. The van der Waals surface area contributed by atoms with Crippen LogP contribution < -0.4 is 5.32 Å². The molecule has 0 amide bonds. The first-order valence-corrected chi connectivity index (χ1v) is 8.82. The van der Waals surface area contributed by atoms with Gasteiger partial charge in [0.15, 0.2) is 0 Å².